The summed E-state index contributed by atoms with van der Waals surface area (Å²) in [7, 11) is -3.12. The maximum atomic E-state index is 11.7. The van der Waals surface area contributed by atoms with E-state index in [0.717, 1.165) is 11.8 Å². The van der Waals surface area contributed by atoms with Gasteiger partial charge in [-0.3, -0.25) is 4.79 Å². The van der Waals surface area contributed by atoms with Gasteiger partial charge in [0.2, 0.25) is 5.91 Å². The Kier molecular flexibility index (Phi) is 9.34. The minimum Gasteiger partial charge on any atom is -0.354 e. The lowest BCUT2D eigenvalue weighted by molar-refractivity contribution is -0.122. The average molecular weight is 390 g/mol. The lowest BCUT2D eigenvalue weighted by atomic mass is 10.1. The highest BCUT2D eigenvalue weighted by atomic mass is 35.5. The summed E-state index contributed by atoms with van der Waals surface area (Å²) < 4.78 is 22.0. The van der Waals surface area contributed by atoms with Crippen LogP contribution < -0.4 is 11.1 Å². The lowest BCUT2D eigenvalue weighted by Crippen LogP contribution is -2.42. The van der Waals surface area contributed by atoms with Gasteiger partial charge in [0.15, 0.2) is 0 Å². The highest BCUT2D eigenvalue weighted by molar-refractivity contribution is 7.90. The van der Waals surface area contributed by atoms with E-state index in [4.69, 9.17) is 28.9 Å². The quantitative estimate of drug-likeness (QED) is 0.744. The van der Waals surface area contributed by atoms with E-state index in [2.05, 4.69) is 5.32 Å². The molecule has 5 nitrogen and oxygen atoms in total. The zero-order valence-electron chi connectivity index (χ0n) is 12.0. The van der Waals surface area contributed by atoms with Crippen LogP contribution in [0.25, 0.3) is 0 Å². The van der Waals surface area contributed by atoms with Crippen molar-refractivity contribution in [3.8, 4) is 0 Å². The fourth-order valence-corrected chi connectivity index (χ4v) is 2.95. The van der Waals surface area contributed by atoms with Crippen molar-refractivity contribution < 1.29 is 13.2 Å². The minimum absolute atomic E-state index is 0. The Bertz CT molecular complexity index is 588. The number of halogens is 3. The summed E-state index contributed by atoms with van der Waals surface area (Å²) in [6, 6.07) is 4.35. The first-order valence-electron chi connectivity index (χ1n) is 6.34. The largest absolute Gasteiger partial charge is 0.354 e. The summed E-state index contributed by atoms with van der Waals surface area (Å²) in [6.07, 6.45) is 1.68. The molecule has 1 unspecified atom stereocenters. The zero-order chi connectivity index (χ0) is 16.0. The molecule has 0 saturated heterocycles. The molecule has 1 aromatic rings. The number of nitrogens with one attached hydrogen (secondary N) is 1. The van der Waals surface area contributed by atoms with Gasteiger partial charge in [0, 0.05) is 22.8 Å². The molecule has 0 heterocycles. The molecule has 126 valence electrons. The van der Waals surface area contributed by atoms with E-state index in [0.29, 0.717) is 23.0 Å². The van der Waals surface area contributed by atoms with E-state index in [1.54, 1.807) is 18.2 Å². The molecule has 0 aliphatic rings. The molecule has 1 rings (SSSR count). The predicted molar refractivity (Wildman–Crippen MR) is 92.7 cm³/mol. The Labute approximate surface area is 146 Å². The first-order valence-corrected chi connectivity index (χ1v) is 9.16. The summed E-state index contributed by atoms with van der Waals surface area (Å²) >= 11 is 12.0. The number of benzene rings is 1. The van der Waals surface area contributed by atoms with E-state index in [1.807, 2.05) is 0 Å². The van der Waals surface area contributed by atoms with Crippen molar-refractivity contribution in [1.82, 2.24) is 5.32 Å². The maximum Gasteiger partial charge on any atom is 0.236 e. The summed E-state index contributed by atoms with van der Waals surface area (Å²) in [4.78, 5) is 11.7. The molecule has 0 aliphatic heterocycles. The molecule has 9 heteroatoms. The van der Waals surface area contributed by atoms with Crippen molar-refractivity contribution in [2.45, 2.75) is 18.9 Å². The second-order valence-electron chi connectivity index (χ2n) is 4.77. The third-order valence-corrected chi connectivity index (χ3v) is 4.56. The van der Waals surface area contributed by atoms with Gasteiger partial charge < -0.3 is 11.1 Å². The van der Waals surface area contributed by atoms with Gasteiger partial charge in [0.1, 0.15) is 9.84 Å². The molecule has 1 aromatic carbocycles. The molecule has 22 heavy (non-hydrogen) atoms. The zero-order valence-corrected chi connectivity index (χ0v) is 15.2. The van der Waals surface area contributed by atoms with E-state index in [1.165, 1.54) is 0 Å². The lowest BCUT2D eigenvalue weighted by Gasteiger charge is -2.12. The van der Waals surface area contributed by atoms with E-state index < -0.39 is 15.9 Å². The first kappa shape index (κ1) is 21.5. The second kappa shape index (κ2) is 9.57. The van der Waals surface area contributed by atoms with Crippen LogP contribution in [-0.2, 0) is 21.1 Å². The molecule has 3 N–H and O–H groups in total. The molecule has 0 spiro atoms. The van der Waals surface area contributed by atoms with Crippen LogP contribution in [0.15, 0.2) is 18.2 Å². The van der Waals surface area contributed by atoms with Gasteiger partial charge in [-0.1, -0.05) is 29.3 Å². The van der Waals surface area contributed by atoms with E-state index in [-0.39, 0.29) is 30.5 Å². The molecule has 0 radical (unpaired) electrons. The summed E-state index contributed by atoms with van der Waals surface area (Å²) in [5, 5.41) is 3.73. The van der Waals surface area contributed by atoms with Crippen molar-refractivity contribution in [3.05, 3.63) is 33.8 Å². The van der Waals surface area contributed by atoms with Crippen LogP contribution >= 0.6 is 35.6 Å². The van der Waals surface area contributed by atoms with Gasteiger partial charge in [-0.2, -0.15) is 0 Å². The van der Waals surface area contributed by atoms with Gasteiger partial charge in [-0.15, -0.1) is 12.4 Å². The molecule has 0 bridgehead atoms. The fraction of sp³-hybridized carbons (Fsp3) is 0.462. The van der Waals surface area contributed by atoms with Crippen molar-refractivity contribution in [1.29, 1.82) is 0 Å². The Morgan fingerprint density at radius 3 is 2.36 bits per heavy atom. The number of hydrogen-bond donors (Lipinski definition) is 2. The van der Waals surface area contributed by atoms with Crippen LogP contribution in [0, 0.1) is 0 Å². The van der Waals surface area contributed by atoms with Crippen molar-refractivity contribution >= 4 is 51.4 Å². The SMILES string of the molecule is CS(=O)(=O)CCC(N)C(=O)NCCc1c(Cl)cccc1Cl.Cl. The smallest absolute Gasteiger partial charge is 0.236 e. The number of carbonyl (C=O) groups excluding carboxylic acids is 1. The van der Waals surface area contributed by atoms with E-state index >= 15 is 0 Å². The Morgan fingerprint density at radius 2 is 1.86 bits per heavy atom. The number of carbonyl (C=O) groups is 1. The van der Waals surface area contributed by atoms with Gasteiger partial charge in [0.05, 0.1) is 11.8 Å². The van der Waals surface area contributed by atoms with Crippen LogP contribution in [0.1, 0.15) is 12.0 Å². The Hall–Kier alpha value is -0.530. The van der Waals surface area contributed by atoms with Crippen LogP contribution in [0.2, 0.25) is 10.0 Å². The predicted octanol–water partition coefficient (Wildman–Crippen LogP) is 1.84. The molecular formula is C13H19Cl3N2O3S. The highest BCUT2D eigenvalue weighted by Gasteiger charge is 2.15. The molecule has 0 fully saturated rings. The highest BCUT2D eigenvalue weighted by Crippen LogP contribution is 2.24. The van der Waals surface area contributed by atoms with Crippen LogP contribution in [0.5, 0.6) is 0 Å². The molecule has 1 amide bonds. The van der Waals surface area contributed by atoms with Crippen LogP contribution in [0.4, 0.5) is 0 Å². The van der Waals surface area contributed by atoms with Gasteiger partial charge >= 0.3 is 0 Å². The topological polar surface area (TPSA) is 89.3 Å². The molecule has 1 atom stereocenters. The van der Waals surface area contributed by atoms with Crippen molar-refractivity contribution in [3.63, 3.8) is 0 Å². The average Bonchev–Trinajstić information content (AvgIpc) is 2.38. The van der Waals surface area contributed by atoms with Gasteiger partial charge in [0.25, 0.3) is 0 Å². The third kappa shape index (κ3) is 7.65. The van der Waals surface area contributed by atoms with Gasteiger partial charge in [-0.05, 0) is 30.5 Å². The number of amides is 1. The molecule has 0 saturated carbocycles. The Balaban J connectivity index is 0.00000441. The molecule has 0 aliphatic carbocycles. The number of rotatable bonds is 7. The fourth-order valence-electron chi connectivity index (χ4n) is 1.69. The second-order valence-corrected chi connectivity index (χ2v) is 7.84. The van der Waals surface area contributed by atoms with E-state index in [9.17, 15) is 13.2 Å². The first-order chi connectivity index (χ1) is 9.70. The molecular weight excluding hydrogens is 371 g/mol. The van der Waals surface area contributed by atoms with Crippen molar-refractivity contribution in [2.75, 3.05) is 18.6 Å². The van der Waals surface area contributed by atoms with Crippen LogP contribution in [-0.4, -0.2) is 38.9 Å². The monoisotopic (exact) mass is 388 g/mol. The number of nitrogens with two attached hydrogens (primary N) is 1. The minimum atomic E-state index is -3.12. The number of sulfone groups is 1. The molecule has 0 aromatic heterocycles. The Morgan fingerprint density at radius 1 is 1.32 bits per heavy atom. The maximum absolute atomic E-state index is 11.7. The van der Waals surface area contributed by atoms with Crippen molar-refractivity contribution in [2.24, 2.45) is 5.73 Å². The standard InChI is InChI=1S/C13H18Cl2N2O3S.ClH/c1-21(19,20)8-6-12(16)13(18)17-7-5-9-10(14)3-2-4-11(9)15;/h2-4,12H,5-8,16H2,1H3,(H,17,18);1H. The third-order valence-electron chi connectivity index (χ3n) is 2.87. The number of hydrogen-bond acceptors (Lipinski definition) is 4. The van der Waals surface area contributed by atoms with Crippen LogP contribution in [0.3, 0.4) is 0 Å². The summed E-state index contributed by atoms with van der Waals surface area (Å²) in [5.41, 5.74) is 6.39. The normalized spacial score (nSPS) is 12.4. The summed E-state index contributed by atoms with van der Waals surface area (Å²) in [5.74, 6) is -0.500. The van der Waals surface area contributed by atoms with Gasteiger partial charge in [-0.25, -0.2) is 8.42 Å². The summed E-state index contributed by atoms with van der Waals surface area (Å²) in [6.45, 7) is 0.328.